The molecule has 32 heavy (non-hydrogen) atoms. The molecule has 0 aliphatic carbocycles. The first kappa shape index (κ1) is 30.5. The van der Waals surface area contributed by atoms with Gasteiger partial charge in [0, 0.05) is 59.1 Å². The van der Waals surface area contributed by atoms with Crippen LogP contribution in [0.3, 0.4) is 0 Å². The molecule has 0 bridgehead atoms. The van der Waals surface area contributed by atoms with E-state index in [2.05, 4.69) is 10.2 Å². The summed E-state index contributed by atoms with van der Waals surface area (Å²) < 4.78 is 62.4. The summed E-state index contributed by atoms with van der Waals surface area (Å²) in [5.41, 5.74) is 4.24. The largest absolute Gasteiger partial charge is 0.506 e. The Balaban J connectivity index is 0.00000480. The van der Waals surface area contributed by atoms with Gasteiger partial charge in [-0.15, -0.1) is 0 Å². The summed E-state index contributed by atoms with van der Waals surface area (Å²) >= 11 is 0. The van der Waals surface area contributed by atoms with Crippen LogP contribution in [-0.2, 0) is 20.2 Å². The van der Waals surface area contributed by atoms with Gasteiger partial charge in [0.25, 0.3) is 20.2 Å². The van der Waals surface area contributed by atoms with Gasteiger partial charge in [-0.25, -0.2) is 15.6 Å². The normalized spacial score (nSPS) is 11.6. The molecule has 0 heterocycles. The van der Waals surface area contributed by atoms with E-state index in [9.17, 15) is 31.8 Å². The van der Waals surface area contributed by atoms with Gasteiger partial charge in [-0.2, -0.15) is 27.0 Å². The van der Waals surface area contributed by atoms with E-state index in [0.29, 0.717) is 0 Å². The van der Waals surface area contributed by atoms with Crippen molar-refractivity contribution in [1.82, 2.24) is 10.9 Å². The molecular weight excluding hydrogens is 490 g/mol. The summed E-state index contributed by atoms with van der Waals surface area (Å²) in [6.45, 7) is 0. The van der Waals surface area contributed by atoms with Crippen molar-refractivity contribution in [2.24, 2.45) is 10.2 Å². The fourth-order valence-electron chi connectivity index (χ4n) is 1.99. The van der Waals surface area contributed by atoms with Crippen LogP contribution in [0.1, 0.15) is 11.1 Å². The van der Waals surface area contributed by atoms with Gasteiger partial charge in [-0.3, -0.25) is 9.11 Å². The molecule has 2 aromatic rings. The second-order valence-corrected chi connectivity index (χ2v) is 8.25. The number of benzene rings is 2. The van der Waals surface area contributed by atoms with Gasteiger partial charge in [0.15, 0.2) is 0 Å². The van der Waals surface area contributed by atoms with E-state index in [1.807, 2.05) is 10.9 Å². The predicted molar refractivity (Wildman–Crippen MR) is 114 cm³/mol. The first-order valence-electron chi connectivity index (χ1n) is 7.61. The zero-order valence-corrected chi connectivity index (χ0v) is 22.3. The number of carbonyl (C=O) groups excluding carboxylic acids is 1. The number of rotatable bonds is 6. The average Bonchev–Trinajstić information content (AvgIpc) is 2.62. The van der Waals surface area contributed by atoms with Crippen molar-refractivity contribution in [1.29, 1.82) is 0 Å². The molecule has 0 spiro atoms. The van der Waals surface area contributed by atoms with Gasteiger partial charge in [-0.1, -0.05) is 0 Å². The Hall–Kier alpha value is -1.53. The van der Waals surface area contributed by atoms with Crippen LogP contribution >= 0.6 is 0 Å². The summed E-state index contributed by atoms with van der Waals surface area (Å²) in [6, 6.07) is 5.46. The van der Waals surface area contributed by atoms with Crippen molar-refractivity contribution < 1.29 is 40.9 Å². The van der Waals surface area contributed by atoms with E-state index in [4.69, 9.17) is 9.11 Å². The maximum absolute atomic E-state index is 11.6. The van der Waals surface area contributed by atoms with E-state index in [-0.39, 0.29) is 70.2 Å². The Labute approximate surface area is 226 Å². The molecule has 2 rings (SSSR count). The number of phenolic OH excluding ortho intramolecular Hbond substituents is 2. The van der Waals surface area contributed by atoms with Crippen LogP contribution in [-0.4, -0.2) is 114 Å². The van der Waals surface area contributed by atoms with Crippen LogP contribution in [0.15, 0.2) is 56.4 Å². The number of nitrogens with zero attached hydrogens (tertiary/aromatic N) is 2. The number of phenols is 2. The van der Waals surface area contributed by atoms with Gasteiger partial charge < -0.3 is 10.2 Å². The third-order valence-electron chi connectivity index (χ3n) is 3.28. The summed E-state index contributed by atoms with van der Waals surface area (Å²) in [7, 11) is -9.30. The topological polar surface area (TPSA) is 215 Å². The van der Waals surface area contributed by atoms with Crippen LogP contribution in [0.25, 0.3) is 0 Å². The molecule has 0 aromatic heterocycles. The predicted octanol–water partition coefficient (Wildman–Crippen LogP) is -0.503. The standard InChI is InChI=1S/C15H14N4O9S2.2Na/c20-11-3-1-9(5-13(11)29(23,24)25)7-16-18-15(22)19-17-8-10-2-4-12(21)14(6-10)30(26,27)28;;/h1-8,20-21H,(H2,18,19,22)(H,23,24,25)(H,26,27,28);;. The number of carbonyl (C=O) groups is 1. The van der Waals surface area contributed by atoms with Crippen molar-refractivity contribution in [3.8, 4) is 11.5 Å². The quantitative estimate of drug-likeness (QED) is 0.129. The monoisotopic (exact) mass is 504 g/mol. The van der Waals surface area contributed by atoms with E-state index in [0.717, 1.165) is 36.7 Å². The number of urea groups is 1. The Morgan fingerprint density at radius 1 is 0.750 bits per heavy atom. The van der Waals surface area contributed by atoms with Gasteiger partial charge in [0.2, 0.25) is 0 Å². The van der Waals surface area contributed by atoms with Crippen LogP contribution in [0.5, 0.6) is 11.5 Å². The summed E-state index contributed by atoms with van der Waals surface area (Å²) in [5.74, 6) is -1.33. The Morgan fingerprint density at radius 3 is 1.41 bits per heavy atom. The zero-order valence-electron chi connectivity index (χ0n) is 16.7. The smallest absolute Gasteiger partial charge is 0.355 e. The third kappa shape index (κ3) is 9.14. The van der Waals surface area contributed by atoms with Crippen molar-refractivity contribution >= 4 is 97.8 Å². The molecule has 0 unspecified atom stereocenters. The van der Waals surface area contributed by atoms with Gasteiger partial charge in [0.1, 0.15) is 21.3 Å². The molecule has 2 aromatic carbocycles. The average molecular weight is 504 g/mol. The third-order valence-corrected chi connectivity index (χ3v) is 5.05. The van der Waals surface area contributed by atoms with Crippen molar-refractivity contribution in [3.63, 3.8) is 0 Å². The molecule has 13 nitrogen and oxygen atoms in total. The number of hydrazone groups is 2. The summed E-state index contributed by atoms with van der Waals surface area (Å²) in [4.78, 5) is 10.1. The second-order valence-electron chi connectivity index (χ2n) is 5.47. The molecule has 0 aliphatic heterocycles. The molecule has 0 saturated carbocycles. The van der Waals surface area contributed by atoms with Crippen LogP contribution in [0.2, 0.25) is 0 Å². The van der Waals surface area contributed by atoms with E-state index < -0.39 is 47.6 Å². The SMILES string of the molecule is O=C(NN=Cc1ccc(O)c(S(=O)(=O)O)c1)NN=Cc1ccc(O)c(S(=O)(=O)O)c1.[Na].[Na]. The van der Waals surface area contributed by atoms with E-state index in [1.54, 1.807) is 0 Å². The zero-order chi connectivity index (χ0) is 22.5. The number of amides is 2. The minimum atomic E-state index is -4.65. The first-order chi connectivity index (χ1) is 13.9. The van der Waals surface area contributed by atoms with Crippen LogP contribution < -0.4 is 10.9 Å². The molecule has 0 atom stereocenters. The molecule has 17 heteroatoms. The minimum absolute atomic E-state index is 0. The number of aromatic hydroxyl groups is 2. The van der Waals surface area contributed by atoms with Crippen LogP contribution in [0.4, 0.5) is 4.79 Å². The van der Waals surface area contributed by atoms with Gasteiger partial charge >= 0.3 is 6.03 Å². The maximum Gasteiger partial charge on any atom is 0.355 e. The van der Waals surface area contributed by atoms with Gasteiger partial charge in [0.05, 0.1) is 12.4 Å². The minimum Gasteiger partial charge on any atom is -0.506 e. The molecule has 0 aliphatic rings. The van der Waals surface area contributed by atoms with Crippen molar-refractivity contribution in [2.45, 2.75) is 9.79 Å². The van der Waals surface area contributed by atoms with Crippen molar-refractivity contribution in [2.75, 3.05) is 0 Å². The molecule has 2 radical (unpaired) electrons. The number of nitrogens with one attached hydrogen (secondary N) is 2. The molecule has 162 valence electrons. The molecule has 6 N–H and O–H groups in total. The fraction of sp³-hybridized carbons (Fsp3) is 0. The first-order valence-corrected chi connectivity index (χ1v) is 10.5. The Morgan fingerprint density at radius 2 is 1.09 bits per heavy atom. The number of hydrogen-bond acceptors (Lipinski definition) is 9. The van der Waals surface area contributed by atoms with Crippen LogP contribution in [0, 0.1) is 0 Å². The maximum atomic E-state index is 11.6. The van der Waals surface area contributed by atoms with Crippen molar-refractivity contribution in [3.05, 3.63) is 47.5 Å². The fourth-order valence-corrected chi connectivity index (χ4v) is 3.23. The Bertz CT molecular complexity index is 1150. The molecular formula is C15H14N4Na2O9S2. The molecule has 2 amide bonds. The summed E-state index contributed by atoms with van der Waals surface area (Å²) in [6.07, 6.45) is 2.05. The number of hydrogen-bond donors (Lipinski definition) is 6. The van der Waals surface area contributed by atoms with E-state index >= 15 is 0 Å². The van der Waals surface area contributed by atoms with Gasteiger partial charge in [-0.05, 0) is 47.5 Å². The molecule has 0 saturated heterocycles. The Kier molecular flexibility index (Phi) is 12.0. The second kappa shape index (κ2) is 12.6. The van der Waals surface area contributed by atoms with E-state index in [1.165, 1.54) is 12.1 Å². The summed E-state index contributed by atoms with van der Waals surface area (Å²) in [5, 5.41) is 25.9. The molecule has 0 fully saturated rings.